The molecule has 1 aromatic heterocycles. The smallest absolute Gasteiger partial charge is 0.244 e. The molecule has 1 heterocycles. The highest BCUT2D eigenvalue weighted by molar-refractivity contribution is 5.80. The van der Waals surface area contributed by atoms with Gasteiger partial charge >= 0.3 is 0 Å². The number of nitrogens with two attached hydrogens (primary N) is 1. The van der Waals surface area contributed by atoms with Crippen LogP contribution in [0.5, 0.6) is 0 Å². The van der Waals surface area contributed by atoms with E-state index in [4.69, 9.17) is 5.73 Å². The molecule has 0 radical (unpaired) electrons. The summed E-state index contributed by atoms with van der Waals surface area (Å²) in [7, 11) is 0. The van der Waals surface area contributed by atoms with Crippen LogP contribution in [0.2, 0.25) is 0 Å². The highest BCUT2D eigenvalue weighted by Gasteiger charge is 2.27. The SMILES string of the molecule is CC(C(=O)NC(CN)C1CCCC1)n1cccn1. The van der Waals surface area contributed by atoms with Gasteiger partial charge in [0.05, 0.1) is 0 Å². The molecule has 1 fully saturated rings. The van der Waals surface area contributed by atoms with Gasteiger partial charge in [-0.2, -0.15) is 5.10 Å². The summed E-state index contributed by atoms with van der Waals surface area (Å²) in [5.41, 5.74) is 5.78. The number of aromatic nitrogens is 2. The largest absolute Gasteiger partial charge is 0.350 e. The zero-order valence-electron chi connectivity index (χ0n) is 10.9. The fraction of sp³-hybridized carbons (Fsp3) is 0.692. The van der Waals surface area contributed by atoms with Crippen LogP contribution in [0.3, 0.4) is 0 Å². The van der Waals surface area contributed by atoms with E-state index in [2.05, 4.69) is 10.4 Å². The van der Waals surface area contributed by atoms with Gasteiger partial charge in [-0.3, -0.25) is 9.48 Å². The Bertz CT molecular complexity index is 370. The minimum Gasteiger partial charge on any atom is -0.350 e. The summed E-state index contributed by atoms with van der Waals surface area (Å²) in [5.74, 6) is 0.546. The highest BCUT2D eigenvalue weighted by atomic mass is 16.2. The van der Waals surface area contributed by atoms with E-state index in [0.717, 1.165) is 0 Å². The number of nitrogens with zero attached hydrogens (tertiary/aromatic N) is 2. The van der Waals surface area contributed by atoms with Crippen molar-refractivity contribution >= 4 is 5.91 Å². The molecule has 0 bridgehead atoms. The molecule has 1 aromatic rings. The number of nitrogens with one attached hydrogen (secondary N) is 1. The highest BCUT2D eigenvalue weighted by Crippen LogP contribution is 2.27. The molecular weight excluding hydrogens is 228 g/mol. The fourth-order valence-corrected chi connectivity index (χ4v) is 2.66. The Balaban J connectivity index is 1.92. The quantitative estimate of drug-likeness (QED) is 0.821. The van der Waals surface area contributed by atoms with Crippen LogP contribution in [0.4, 0.5) is 0 Å². The topological polar surface area (TPSA) is 72.9 Å². The molecule has 5 heteroatoms. The van der Waals surface area contributed by atoms with E-state index >= 15 is 0 Å². The Morgan fingerprint density at radius 3 is 2.83 bits per heavy atom. The molecule has 1 aliphatic carbocycles. The van der Waals surface area contributed by atoms with Gasteiger partial charge in [0.2, 0.25) is 5.91 Å². The third-order valence-corrected chi connectivity index (χ3v) is 3.85. The van der Waals surface area contributed by atoms with Gasteiger partial charge in [0.25, 0.3) is 0 Å². The van der Waals surface area contributed by atoms with Crippen molar-refractivity contribution in [1.82, 2.24) is 15.1 Å². The molecule has 0 aromatic carbocycles. The van der Waals surface area contributed by atoms with Gasteiger partial charge in [0.15, 0.2) is 0 Å². The van der Waals surface area contributed by atoms with E-state index in [1.807, 2.05) is 13.0 Å². The van der Waals surface area contributed by atoms with E-state index in [1.165, 1.54) is 25.7 Å². The molecule has 0 saturated heterocycles. The van der Waals surface area contributed by atoms with Crippen LogP contribution in [0.1, 0.15) is 38.6 Å². The lowest BCUT2D eigenvalue weighted by atomic mass is 9.98. The number of rotatable bonds is 5. The number of carbonyl (C=O) groups excluding carboxylic acids is 1. The van der Waals surface area contributed by atoms with Crippen molar-refractivity contribution in [1.29, 1.82) is 0 Å². The summed E-state index contributed by atoms with van der Waals surface area (Å²) in [6, 6.07) is 1.65. The van der Waals surface area contributed by atoms with Gasteiger partial charge in [-0.15, -0.1) is 0 Å². The molecular formula is C13H22N4O. The summed E-state index contributed by atoms with van der Waals surface area (Å²) in [4.78, 5) is 12.1. The maximum absolute atomic E-state index is 12.1. The second-order valence-corrected chi connectivity index (χ2v) is 5.06. The normalized spacial score (nSPS) is 19.7. The first-order valence-corrected chi connectivity index (χ1v) is 6.72. The Hall–Kier alpha value is -1.36. The Labute approximate surface area is 108 Å². The van der Waals surface area contributed by atoms with Crippen LogP contribution < -0.4 is 11.1 Å². The average molecular weight is 250 g/mol. The van der Waals surface area contributed by atoms with Gasteiger partial charge in [0, 0.05) is 25.0 Å². The predicted octanol–water partition coefficient (Wildman–Crippen LogP) is 1.08. The van der Waals surface area contributed by atoms with Crippen molar-refractivity contribution in [3.05, 3.63) is 18.5 Å². The van der Waals surface area contributed by atoms with Crippen molar-refractivity contribution in [2.45, 2.75) is 44.7 Å². The van der Waals surface area contributed by atoms with Crippen LogP contribution in [-0.2, 0) is 4.79 Å². The Morgan fingerprint density at radius 2 is 2.28 bits per heavy atom. The number of hydrogen-bond acceptors (Lipinski definition) is 3. The monoisotopic (exact) mass is 250 g/mol. The number of amides is 1. The van der Waals surface area contributed by atoms with Gasteiger partial charge in [-0.05, 0) is 31.7 Å². The van der Waals surface area contributed by atoms with Crippen LogP contribution in [0, 0.1) is 5.92 Å². The number of carbonyl (C=O) groups is 1. The molecule has 1 amide bonds. The summed E-state index contributed by atoms with van der Waals surface area (Å²) in [6.07, 6.45) is 8.35. The Kier molecular flexibility index (Phi) is 4.36. The Morgan fingerprint density at radius 1 is 1.56 bits per heavy atom. The molecule has 3 N–H and O–H groups in total. The van der Waals surface area contributed by atoms with E-state index in [-0.39, 0.29) is 18.0 Å². The second kappa shape index (κ2) is 6.00. The van der Waals surface area contributed by atoms with Gasteiger partial charge < -0.3 is 11.1 Å². The third-order valence-electron chi connectivity index (χ3n) is 3.85. The zero-order chi connectivity index (χ0) is 13.0. The van der Waals surface area contributed by atoms with Gasteiger partial charge in [0.1, 0.15) is 6.04 Å². The molecule has 18 heavy (non-hydrogen) atoms. The minimum absolute atomic E-state index is 0.000972. The average Bonchev–Trinajstić information content (AvgIpc) is 3.06. The molecule has 5 nitrogen and oxygen atoms in total. The molecule has 2 rings (SSSR count). The molecule has 2 unspecified atom stereocenters. The van der Waals surface area contributed by atoms with Crippen molar-refractivity contribution < 1.29 is 4.79 Å². The van der Waals surface area contributed by atoms with Crippen LogP contribution in [0.25, 0.3) is 0 Å². The minimum atomic E-state index is -0.282. The first kappa shape index (κ1) is 13.1. The van der Waals surface area contributed by atoms with Crippen LogP contribution in [0.15, 0.2) is 18.5 Å². The predicted molar refractivity (Wildman–Crippen MR) is 69.9 cm³/mol. The molecule has 2 atom stereocenters. The van der Waals surface area contributed by atoms with Crippen LogP contribution in [-0.4, -0.2) is 28.3 Å². The van der Waals surface area contributed by atoms with Crippen molar-refractivity contribution in [3.63, 3.8) is 0 Å². The first-order chi connectivity index (χ1) is 8.72. The fourth-order valence-electron chi connectivity index (χ4n) is 2.66. The van der Waals surface area contributed by atoms with Gasteiger partial charge in [-0.25, -0.2) is 0 Å². The standard InChI is InChI=1S/C13H22N4O/c1-10(17-8-4-7-15-17)13(18)16-12(9-14)11-5-2-3-6-11/h4,7-8,10-12H,2-3,5-6,9,14H2,1H3,(H,16,18). The van der Waals surface area contributed by atoms with Crippen molar-refractivity contribution in [2.75, 3.05) is 6.54 Å². The van der Waals surface area contributed by atoms with Crippen molar-refractivity contribution in [2.24, 2.45) is 11.7 Å². The molecule has 1 aliphatic rings. The maximum Gasteiger partial charge on any atom is 0.244 e. The van der Waals surface area contributed by atoms with Crippen LogP contribution >= 0.6 is 0 Å². The maximum atomic E-state index is 12.1. The van der Waals surface area contributed by atoms with E-state index in [9.17, 15) is 4.79 Å². The van der Waals surface area contributed by atoms with E-state index in [0.29, 0.717) is 12.5 Å². The zero-order valence-corrected chi connectivity index (χ0v) is 10.9. The summed E-state index contributed by atoms with van der Waals surface area (Å²) < 4.78 is 1.66. The lowest BCUT2D eigenvalue weighted by molar-refractivity contribution is -0.125. The first-order valence-electron chi connectivity index (χ1n) is 6.72. The van der Waals surface area contributed by atoms with Crippen molar-refractivity contribution in [3.8, 4) is 0 Å². The number of hydrogen-bond donors (Lipinski definition) is 2. The van der Waals surface area contributed by atoms with E-state index in [1.54, 1.807) is 17.1 Å². The summed E-state index contributed by atoms with van der Waals surface area (Å²) in [5, 5.41) is 7.16. The molecule has 1 saturated carbocycles. The summed E-state index contributed by atoms with van der Waals surface area (Å²) in [6.45, 7) is 2.37. The molecule has 100 valence electrons. The lowest BCUT2D eigenvalue weighted by Crippen LogP contribution is -2.46. The third kappa shape index (κ3) is 2.90. The molecule has 0 spiro atoms. The van der Waals surface area contributed by atoms with Gasteiger partial charge in [-0.1, -0.05) is 12.8 Å². The van der Waals surface area contributed by atoms with E-state index < -0.39 is 0 Å². The lowest BCUT2D eigenvalue weighted by Gasteiger charge is -2.25. The second-order valence-electron chi connectivity index (χ2n) is 5.06. The molecule has 0 aliphatic heterocycles. The summed E-state index contributed by atoms with van der Waals surface area (Å²) >= 11 is 0.